The maximum Gasteiger partial charge on any atom is -0.00733 e. The molecule has 0 bridgehead atoms. The van der Waals surface area contributed by atoms with Crippen LogP contribution in [0.25, 0.3) is 0 Å². The first-order valence-electron chi connectivity index (χ1n) is 7.12. The number of hydrogen-bond donors (Lipinski definition) is 0. The summed E-state index contributed by atoms with van der Waals surface area (Å²) in [5.41, 5.74) is 5.80. The highest BCUT2D eigenvalue weighted by molar-refractivity contribution is 5.41. The molecule has 1 unspecified atom stereocenters. The zero-order valence-electron chi connectivity index (χ0n) is 10.8. The minimum atomic E-state index is 0.472. The van der Waals surface area contributed by atoms with Crippen LogP contribution in [0.15, 0.2) is 22.8 Å². The minimum absolute atomic E-state index is 0.472. The molecule has 3 rings (SSSR count). The molecule has 16 heavy (non-hydrogen) atoms. The molecule has 0 heterocycles. The van der Waals surface area contributed by atoms with E-state index < -0.39 is 0 Å². The fraction of sp³-hybridized carbons (Fsp3) is 0.750. The van der Waals surface area contributed by atoms with Crippen molar-refractivity contribution < 1.29 is 0 Å². The molecule has 0 amide bonds. The Labute approximate surface area is 99.8 Å². The molecule has 0 saturated heterocycles. The fourth-order valence-electron chi connectivity index (χ4n) is 4.29. The van der Waals surface area contributed by atoms with Crippen LogP contribution in [0.4, 0.5) is 0 Å². The van der Waals surface area contributed by atoms with E-state index in [1.54, 1.807) is 11.1 Å². The van der Waals surface area contributed by atoms with Gasteiger partial charge >= 0.3 is 0 Å². The largest absolute Gasteiger partial charge is 0.0660 e. The Kier molecular flexibility index (Phi) is 2.49. The standard InChI is InChI=1S/C16H24/c1-16(2)14-9-5-3-7-12(14)11-13-8-4-6-10-15(13)16/h11,14H,3-10H2,1-2H3. The Bertz CT molecular complexity index is 354. The van der Waals surface area contributed by atoms with Gasteiger partial charge in [-0.25, -0.2) is 0 Å². The highest BCUT2D eigenvalue weighted by Crippen LogP contribution is 2.53. The second-order valence-electron chi connectivity index (χ2n) is 6.45. The molecule has 0 aromatic heterocycles. The smallest absolute Gasteiger partial charge is 0.00733 e. The molecule has 1 fully saturated rings. The van der Waals surface area contributed by atoms with Gasteiger partial charge in [-0.1, -0.05) is 37.5 Å². The lowest BCUT2D eigenvalue weighted by Gasteiger charge is -2.46. The molecular weight excluding hydrogens is 192 g/mol. The third kappa shape index (κ3) is 1.49. The van der Waals surface area contributed by atoms with Crippen molar-refractivity contribution in [2.24, 2.45) is 11.3 Å². The van der Waals surface area contributed by atoms with E-state index in [1.165, 1.54) is 51.4 Å². The average molecular weight is 216 g/mol. The van der Waals surface area contributed by atoms with Gasteiger partial charge in [-0.2, -0.15) is 0 Å². The molecule has 0 aromatic rings. The number of allylic oxidation sites excluding steroid dienone is 4. The number of hydrogen-bond acceptors (Lipinski definition) is 0. The molecule has 3 aliphatic rings. The van der Waals surface area contributed by atoms with Crippen LogP contribution in [0, 0.1) is 11.3 Å². The topological polar surface area (TPSA) is 0 Å². The van der Waals surface area contributed by atoms with Crippen LogP contribution in [0.1, 0.15) is 65.2 Å². The van der Waals surface area contributed by atoms with Gasteiger partial charge in [-0.15, -0.1) is 0 Å². The van der Waals surface area contributed by atoms with Gasteiger partial charge in [0.15, 0.2) is 0 Å². The number of fused-ring (bicyclic) bond motifs is 1. The summed E-state index contributed by atoms with van der Waals surface area (Å²) < 4.78 is 0. The molecule has 1 saturated carbocycles. The summed E-state index contributed by atoms with van der Waals surface area (Å²) in [4.78, 5) is 0. The van der Waals surface area contributed by atoms with Crippen LogP contribution in [0.3, 0.4) is 0 Å². The molecular formula is C16H24. The SMILES string of the molecule is CC1(C)C2=C(C=C3CCCCC31)CCCC2. The lowest BCUT2D eigenvalue weighted by molar-refractivity contribution is 0.237. The van der Waals surface area contributed by atoms with Gasteiger partial charge in [-0.3, -0.25) is 0 Å². The van der Waals surface area contributed by atoms with E-state index in [-0.39, 0.29) is 0 Å². The molecule has 1 atom stereocenters. The summed E-state index contributed by atoms with van der Waals surface area (Å²) in [5.74, 6) is 0.873. The van der Waals surface area contributed by atoms with Gasteiger partial charge in [0.1, 0.15) is 0 Å². The van der Waals surface area contributed by atoms with Gasteiger partial charge in [0, 0.05) is 0 Å². The Morgan fingerprint density at radius 2 is 1.75 bits per heavy atom. The number of rotatable bonds is 0. The maximum absolute atomic E-state index is 2.60. The Morgan fingerprint density at radius 3 is 2.62 bits per heavy atom. The van der Waals surface area contributed by atoms with E-state index in [0.717, 1.165) is 5.92 Å². The second kappa shape index (κ2) is 3.75. The van der Waals surface area contributed by atoms with E-state index >= 15 is 0 Å². The van der Waals surface area contributed by atoms with Crippen LogP contribution in [0.2, 0.25) is 0 Å². The van der Waals surface area contributed by atoms with Crippen molar-refractivity contribution in [3.63, 3.8) is 0 Å². The highest BCUT2D eigenvalue weighted by atomic mass is 14.4. The van der Waals surface area contributed by atoms with E-state index in [0.29, 0.717) is 5.41 Å². The van der Waals surface area contributed by atoms with E-state index in [2.05, 4.69) is 19.9 Å². The first kappa shape index (κ1) is 10.6. The minimum Gasteiger partial charge on any atom is -0.0660 e. The summed E-state index contributed by atoms with van der Waals surface area (Å²) in [6.45, 7) is 5.02. The van der Waals surface area contributed by atoms with Crippen molar-refractivity contribution >= 4 is 0 Å². The summed E-state index contributed by atoms with van der Waals surface area (Å²) in [6, 6.07) is 0. The zero-order chi connectivity index (χ0) is 11.2. The first-order valence-corrected chi connectivity index (χ1v) is 7.12. The maximum atomic E-state index is 2.60. The van der Waals surface area contributed by atoms with Gasteiger partial charge < -0.3 is 0 Å². The van der Waals surface area contributed by atoms with Gasteiger partial charge in [-0.05, 0) is 61.9 Å². The monoisotopic (exact) mass is 216 g/mol. The fourth-order valence-corrected chi connectivity index (χ4v) is 4.29. The lowest BCUT2D eigenvalue weighted by Crippen LogP contribution is -2.34. The third-order valence-corrected chi connectivity index (χ3v) is 5.17. The van der Waals surface area contributed by atoms with Crippen molar-refractivity contribution in [3.05, 3.63) is 22.8 Å². The summed E-state index contributed by atoms with van der Waals surface area (Å²) in [6.07, 6.45) is 13.9. The normalized spacial score (nSPS) is 32.9. The van der Waals surface area contributed by atoms with Crippen LogP contribution in [-0.4, -0.2) is 0 Å². The van der Waals surface area contributed by atoms with Crippen molar-refractivity contribution in [1.29, 1.82) is 0 Å². The molecule has 0 spiro atoms. The van der Waals surface area contributed by atoms with E-state index in [1.807, 2.05) is 5.57 Å². The van der Waals surface area contributed by atoms with Crippen molar-refractivity contribution in [2.75, 3.05) is 0 Å². The van der Waals surface area contributed by atoms with E-state index in [4.69, 9.17) is 0 Å². The van der Waals surface area contributed by atoms with Gasteiger partial charge in [0.05, 0.1) is 0 Å². The molecule has 0 radical (unpaired) electrons. The molecule has 0 aliphatic heterocycles. The molecule has 0 N–H and O–H groups in total. The lowest BCUT2D eigenvalue weighted by atomic mass is 9.59. The highest BCUT2D eigenvalue weighted by Gasteiger charge is 2.40. The summed E-state index contributed by atoms with van der Waals surface area (Å²) >= 11 is 0. The molecule has 0 heteroatoms. The van der Waals surface area contributed by atoms with Crippen LogP contribution in [-0.2, 0) is 0 Å². The average Bonchev–Trinajstić information content (AvgIpc) is 2.29. The van der Waals surface area contributed by atoms with Crippen LogP contribution in [0.5, 0.6) is 0 Å². The predicted octanol–water partition coefficient (Wildman–Crippen LogP) is 5.01. The Morgan fingerprint density at radius 1 is 1.00 bits per heavy atom. The second-order valence-corrected chi connectivity index (χ2v) is 6.45. The van der Waals surface area contributed by atoms with Crippen LogP contribution < -0.4 is 0 Å². The first-order chi connectivity index (χ1) is 7.69. The predicted molar refractivity (Wildman–Crippen MR) is 69.3 cm³/mol. The molecule has 3 aliphatic carbocycles. The van der Waals surface area contributed by atoms with Crippen LogP contribution >= 0.6 is 0 Å². The van der Waals surface area contributed by atoms with E-state index in [9.17, 15) is 0 Å². The van der Waals surface area contributed by atoms with Crippen molar-refractivity contribution in [1.82, 2.24) is 0 Å². The van der Waals surface area contributed by atoms with Gasteiger partial charge in [0.25, 0.3) is 0 Å². The summed E-state index contributed by atoms with van der Waals surface area (Å²) in [5, 5.41) is 0. The van der Waals surface area contributed by atoms with Gasteiger partial charge in [0.2, 0.25) is 0 Å². The summed E-state index contributed by atoms with van der Waals surface area (Å²) in [7, 11) is 0. The quantitative estimate of drug-likeness (QED) is 0.533. The Hall–Kier alpha value is -0.520. The molecule has 0 nitrogen and oxygen atoms in total. The zero-order valence-corrected chi connectivity index (χ0v) is 10.8. The van der Waals surface area contributed by atoms with Crippen molar-refractivity contribution in [3.8, 4) is 0 Å². The molecule has 88 valence electrons. The van der Waals surface area contributed by atoms with Crippen molar-refractivity contribution in [2.45, 2.75) is 65.2 Å². The molecule has 0 aromatic carbocycles. The Balaban J connectivity index is 2.04. The third-order valence-electron chi connectivity index (χ3n) is 5.17.